The van der Waals surface area contributed by atoms with Gasteiger partial charge < -0.3 is 15.8 Å². The molecule has 0 fully saturated rings. The molecular weight excluding hydrogens is 270 g/mol. The lowest BCUT2D eigenvalue weighted by atomic mass is 10.1. The molecule has 6 nitrogen and oxygen atoms in total. The highest BCUT2D eigenvalue weighted by Crippen LogP contribution is 2.28. The third-order valence-corrected chi connectivity index (χ3v) is 3.16. The second kappa shape index (κ2) is 6.13. The molecule has 0 aromatic heterocycles. The van der Waals surface area contributed by atoms with Crippen LogP contribution in [-0.4, -0.2) is 12.0 Å². The molecule has 0 heterocycles. The highest BCUT2D eigenvalue weighted by atomic mass is 16.6. The quantitative estimate of drug-likeness (QED) is 0.500. The summed E-state index contributed by atoms with van der Waals surface area (Å²) >= 11 is 0. The van der Waals surface area contributed by atoms with Crippen LogP contribution in [0.4, 0.5) is 17.1 Å². The molecule has 0 radical (unpaired) electrons. The van der Waals surface area contributed by atoms with Crippen LogP contribution in [0, 0.1) is 10.1 Å². The number of anilines is 2. The van der Waals surface area contributed by atoms with Gasteiger partial charge >= 0.3 is 0 Å². The predicted octanol–water partition coefficient (Wildman–Crippen LogP) is 3.36. The lowest BCUT2D eigenvalue weighted by Crippen LogP contribution is -2.07. The van der Waals surface area contributed by atoms with E-state index < -0.39 is 4.92 Å². The van der Waals surface area contributed by atoms with E-state index in [4.69, 9.17) is 10.5 Å². The van der Waals surface area contributed by atoms with Crippen LogP contribution in [0.2, 0.25) is 0 Å². The van der Waals surface area contributed by atoms with Gasteiger partial charge in [-0.3, -0.25) is 10.1 Å². The zero-order valence-corrected chi connectivity index (χ0v) is 11.9. The van der Waals surface area contributed by atoms with Crippen molar-refractivity contribution < 1.29 is 9.66 Å². The van der Waals surface area contributed by atoms with Crippen molar-refractivity contribution in [3.8, 4) is 5.75 Å². The van der Waals surface area contributed by atoms with Crippen molar-refractivity contribution in [1.29, 1.82) is 0 Å². The molecule has 21 heavy (non-hydrogen) atoms. The number of nitro groups is 1. The highest BCUT2D eigenvalue weighted by molar-refractivity contribution is 5.57. The molecule has 1 atom stereocenters. The summed E-state index contributed by atoms with van der Waals surface area (Å²) in [5.41, 5.74) is 8.01. The van der Waals surface area contributed by atoms with Gasteiger partial charge in [0, 0.05) is 29.5 Å². The Balaban J connectivity index is 2.23. The van der Waals surface area contributed by atoms with Crippen molar-refractivity contribution >= 4 is 17.1 Å². The van der Waals surface area contributed by atoms with Crippen LogP contribution in [0.1, 0.15) is 18.5 Å². The Hall–Kier alpha value is -2.76. The number of rotatable bonds is 5. The maximum Gasteiger partial charge on any atom is 0.275 e. The summed E-state index contributed by atoms with van der Waals surface area (Å²) in [6.07, 6.45) is 0. The van der Waals surface area contributed by atoms with Crippen molar-refractivity contribution in [3.63, 3.8) is 0 Å². The third-order valence-electron chi connectivity index (χ3n) is 3.16. The van der Waals surface area contributed by atoms with Gasteiger partial charge in [0.05, 0.1) is 18.1 Å². The van der Waals surface area contributed by atoms with Crippen LogP contribution < -0.4 is 15.8 Å². The molecular formula is C15H17N3O3. The Labute approximate surface area is 122 Å². The molecule has 0 saturated carbocycles. The van der Waals surface area contributed by atoms with Crippen LogP contribution in [0.5, 0.6) is 5.75 Å². The zero-order chi connectivity index (χ0) is 15.4. The standard InChI is InChI=1S/C15H17N3O3/c1-10(11-3-5-12(16)6-4-11)17-13-7-14(18(19)20)9-15(8-13)21-2/h3-10,17H,16H2,1-2H3. The number of hydrogen-bond donors (Lipinski definition) is 2. The fourth-order valence-electron chi connectivity index (χ4n) is 2.01. The van der Waals surface area contributed by atoms with E-state index >= 15 is 0 Å². The Morgan fingerprint density at radius 3 is 2.48 bits per heavy atom. The largest absolute Gasteiger partial charge is 0.496 e. The number of hydrogen-bond acceptors (Lipinski definition) is 5. The minimum atomic E-state index is -0.443. The number of nitrogen functional groups attached to an aromatic ring is 1. The number of nitro benzene ring substituents is 1. The van der Waals surface area contributed by atoms with Gasteiger partial charge in [-0.1, -0.05) is 12.1 Å². The fourth-order valence-corrected chi connectivity index (χ4v) is 2.01. The molecule has 0 aliphatic carbocycles. The fraction of sp³-hybridized carbons (Fsp3) is 0.200. The van der Waals surface area contributed by atoms with Gasteiger partial charge in [0.15, 0.2) is 0 Å². The maximum absolute atomic E-state index is 10.9. The van der Waals surface area contributed by atoms with Crippen LogP contribution in [0.3, 0.4) is 0 Å². The lowest BCUT2D eigenvalue weighted by Gasteiger charge is -2.16. The van der Waals surface area contributed by atoms with Crippen molar-refractivity contribution in [2.75, 3.05) is 18.2 Å². The van der Waals surface area contributed by atoms with Crippen LogP contribution in [0.15, 0.2) is 42.5 Å². The van der Waals surface area contributed by atoms with Gasteiger partial charge in [-0.05, 0) is 24.6 Å². The van der Waals surface area contributed by atoms with E-state index in [-0.39, 0.29) is 11.7 Å². The van der Waals surface area contributed by atoms with Crippen LogP contribution >= 0.6 is 0 Å². The number of nitrogens with two attached hydrogens (primary N) is 1. The van der Waals surface area contributed by atoms with Crippen molar-refractivity contribution in [1.82, 2.24) is 0 Å². The van der Waals surface area contributed by atoms with E-state index in [1.807, 2.05) is 31.2 Å². The molecule has 0 aliphatic heterocycles. The molecule has 2 aromatic carbocycles. The normalized spacial score (nSPS) is 11.7. The van der Waals surface area contributed by atoms with Crippen molar-refractivity contribution in [3.05, 3.63) is 58.1 Å². The first-order chi connectivity index (χ1) is 9.99. The summed E-state index contributed by atoms with van der Waals surface area (Å²) < 4.78 is 5.09. The minimum Gasteiger partial charge on any atom is -0.496 e. The van der Waals surface area contributed by atoms with E-state index in [0.29, 0.717) is 17.1 Å². The van der Waals surface area contributed by atoms with Gasteiger partial charge in [-0.15, -0.1) is 0 Å². The molecule has 6 heteroatoms. The number of nitrogens with zero attached hydrogens (tertiary/aromatic N) is 1. The Bertz CT molecular complexity index is 641. The highest BCUT2D eigenvalue weighted by Gasteiger charge is 2.12. The summed E-state index contributed by atoms with van der Waals surface area (Å²) in [7, 11) is 1.48. The average Bonchev–Trinajstić information content (AvgIpc) is 2.47. The molecule has 3 N–H and O–H groups in total. The van der Waals surface area contributed by atoms with Gasteiger partial charge in [-0.2, -0.15) is 0 Å². The summed E-state index contributed by atoms with van der Waals surface area (Å²) in [6.45, 7) is 1.97. The van der Waals surface area contributed by atoms with E-state index in [9.17, 15) is 10.1 Å². The topological polar surface area (TPSA) is 90.4 Å². The lowest BCUT2D eigenvalue weighted by molar-refractivity contribution is -0.384. The smallest absolute Gasteiger partial charge is 0.275 e. The Morgan fingerprint density at radius 1 is 1.24 bits per heavy atom. The van der Waals surface area contributed by atoms with Crippen molar-refractivity contribution in [2.45, 2.75) is 13.0 Å². The summed E-state index contributed by atoms with van der Waals surface area (Å²) in [4.78, 5) is 10.5. The van der Waals surface area contributed by atoms with Gasteiger partial charge in [0.2, 0.25) is 0 Å². The molecule has 0 saturated heterocycles. The number of benzene rings is 2. The maximum atomic E-state index is 10.9. The summed E-state index contributed by atoms with van der Waals surface area (Å²) in [5, 5.41) is 14.1. The Kier molecular flexibility index (Phi) is 4.27. The SMILES string of the molecule is COc1cc(NC(C)c2ccc(N)cc2)cc([N+](=O)[O-])c1. The van der Waals surface area contributed by atoms with E-state index in [0.717, 1.165) is 5.56 Å². The van der Waals surface area contributed by atoms with Gasteiger partial charge in [0.1, 0.15) is 5.75 Å². The number of ether oxygens (including phenoxy) is 1. The van der Waals surface area contributed by atoms with E-state index in [2.05, 4.69) is 5.32 Å². The molecule has 2 aromatic rings. The molecule has 0 spiro atoms. The van der Waals surface area contributed by atoms with Gasteiger partial charge in [0.25, 0.3) is 5.69 Å². The molecule has 0 aliphatic rings. The molecule has 110 valence electrons. The number of methoxy groups -OCH3 is 1. The summed E-state index contributed by atoms with van der Waals surface area (Å²) in [5.74, 6) is 0.441. The average molecular weight is 287 g/mol. The summed E-state index contributed by atoms with van der Waals surface area (Å²) in [6, 6.07) is 12.1. The molecule has 0 bridgehead atoms. The van der Waals surface area contributed by atoms with E-state index in [1.54, 1.807) is 6.07 Å². The van der Waals surface area contributed by atoms with Crippen LogP contribution in [-0.2, 0) is 0 Å². The molecule has 1 unspecified atom stereocenters. The predicted molar refractivity (Wildman–Crippen MR) is 82.5 cm³/mol. The minimum absolute atomic E-state index is 0.0126. The first-order valence-corrected chi connectivity index (χ1v) is 6.45. The third kappa shape index (κ3) is 3.62. The monoisotopic (exact) mass is 287 g/mol. The second-order valence-corrected chi connectivity index (χ2v) is 4.71. The number of non-ortho nitro benzene ring substituents is 1. The zero-order valence-electron chi connectivity index (χ0n) is 11.9. The van der Waals surface area contributed by atoms with Crippen molar-refractivity contribution in [2.24, 2.45) is 0 Å². The van der Waals surface area contributed by atoms with Gasteiger partial charge in [-0.25, -0.2) is 0 Å². The van der Waals surface area contributed by atoms with Crippen LogP contribution in [0.25, 0.3) is 0 Å². The van der Waals surface area contributed by atoms with E-state index in [1.165, 1.54) is 19.2 Å². The Morgan fingerprint density at radius 2 is 1.90 bits per heavy atom. The number of nitrogens with one attached hydrogen (secondary N) is 1. The second-order valence-electron chi connectivity index (χ2n) is 4.71. The molecule has 2 rings (SSSR count). The first-order valence-electron chi connectivity index (χ1n) is 6.45. The molecule has 0 amide bonds. The first kappa shape index (κ1) is 14.6.